The number of aromatic nitrogens is 1. The SMILES string of the molecule is Cc1cc(/C=C2/C(=O)Nc3cc(Cl)ccc32)c(C)n1-c1ccc(NC2CCCC2)c([N+](=O)[O-])c1. The number of hydrogen-bond acceptors (Lipinski definition) is 4. The van der Waals surface area contributed by atoms with Crippen molar-refractivity contribution in [2.75, 3.05) is 10.6 Å². The summed E-state index contributed by atoms with van der Waals surface area (Å²) in [6.07, 6.45) is 6.24. The first-order valence-electron chi connectivity index (χ1n) is 11.4. The molecule has 0 atom stereocenters. The van der Waals surface area contributed by atoms with Crippen LogP contribution in [0.4, 0.5) is 17.1 Å². The monoisotopic (exact) mass is 476 g/mol. The van der Waals surface area contributed by atoms with Gasteiger partial charge in [-0.25, -0.2) is 0 Å². The maximum Gasteiger partial charge on any atom is 0.294 e. The number of carbonyl (C=O) groups is 1. The molecule has 0 unspecified atom stereocenters. The summed E-state index contributed by atoms with van der Waals surface area (Å²) in [5.74, 6) is -0.181. The molecule has 1 amide bonds. The van der Waals surface area contributed by atoms with Gasteiger partial charge in [0.15, 0.2) is 0 Å². The van der Waals surface area contributed by atoms with Crippen LogP contribution in [0.5, 0.6) is 0 Å². The van der Waals surface area contributed by atoms with Crippen LogP contribution in [0, 0.1) is 24.0 Å². The lowest BCUT2D eigenvalue weighted by molar-refractivity contribution is -0.384. The molecule has 1 fully saturated rings. The number of nitro benzene ring substituents is 1. The summed E-state index contributed by atoms with van der Waals surface area (Å²) in [5, 5.41) is 18.6. The number of amides is 1. The highest BCUT2D eigenvalue weighted by Crippen LogP contribution is 2.37. The molecular formula is C26H25ClN4O3. The fourth-order valence-corrected chi connectivity index (χ4v) is 5.19. The highest BCUT2D eigenvalue weighted by molar-refractivity contribution is 6.36. The quantitative estimate of drug-likeness (QED) is 0.250. The Hall–Kier alpha value is -3.58. The van der Waals surface area contributed by atoms with Crippen molar-refractivity contribution in [1.82, 2.24) is 4.57 Å². The number of benzene rings is 2. The van der Waals surface area contributed by atoms with Gasteiger partial charge in [0.25, 0.3) is 11.6 Å². The van der Waals surface area contributed by atoms with Crippen LogP contribution in [0.15, 0.2) is 42.5 Å². The topological polar surface area (TPSA) is 89.2 Å². The highest BCUT2D eigenvalue weighted by Gasteiger charge is 2.25. The highest BCUT2D eigenvalue weighted by atomic mass is 35.5. The van der Waals surface area contributed by atoms with E-state index >= 15 is 0 Å². The largest absolute Gasteiger partial charge is 0.377 e. The predicted octanol–water partition coefficient (Wildman–Crippen LogP) is 6.50. The third kappa shape index (κ3) is 3.96. The zero-order valence-corrected chi connectivity index (χ0v) is 19.8. The van der Waals surface area contributed by atoms with Crippen LogP contribution >= 0.6 is 11.6 Å². The van der Waals surface area contributed by atoms with Gasteiger partial charge in [0.2, 0.25) is 0 Å². The Kier molecular flexibility index (Phi) is 5.65. The number of anilines is 2. The molecule has 0 bridgehead atoms. The number of nitro groups is 1. The van der Waals surface area contributed by atoms with Crippen molar-refractivity contribution < 1.29 is 9.72 Å². The van der Waals surface area contributed by atoms with Gasteiger partial charge in [0, 0.05) is 39.7 Å². The number of nitrogens with one attached hydrogen (secondary N) is 2. The van der Waals surface area contributed by atoms with Gasteiger partial charge in [0.1, 0.15) is 5.69 Å². The molecule has 2 N–H and O–H groups in total. The second-order valence-electron chi connectivity index (χ2n) is 8.95. The van der Waals surface area contributed by atoms with Gasteiger partial charge in [-0.1, -0.05) is 30.5 Å². The molecule has 1 aliphatic heterocycles. The van der Waals surface area contributed by atoms with Crippen molar-refractivity contribution in [3.05, 3.63) is 80.1 Å². The summed E-state index contributed by atoms with van der Waals surface area (Å²) >= 11 is 6.06. The maximum atomic E-state index is 12.6. The molecule has 5 rings (SSSR count). The van der Waals surface area contributed by atoms with Crippen LogP contribution < -0.4 is 10.6 Å². The molecule has 8 heteroatoms. The van der Waals surface area contributed by atoms with Crippen molar-refractivity contribution in [2.45, 2.75) is 45.6 Å². The van der Waals surface area contributed by atoms with Gasteiger partial charge >= 0.3 is 0 Å². The summed E-state index contributed by atoms with van der Waals surface area (Å²) < 4.78 is 1.98. The number of aryl methyl sites for hydroxylation is 1. The molecule has 34 heavy (non-hydrogen) atoms. The molecule has 174 valence electrons. The lowest BCUT2D eigenvalue weighted by atomic mass is 10.0. The van der Waals surface area contributed by atoms with Crippen LogP contribution in [0.2, 0.25) is 5.02 Å². The van der Waals surface area contributed by atoms with E-state index in [2.05, 4.69) is 10.6 Å². The first-order chi connectivity index (χ1) is 16.3. The van der Waals surface area contributed by atoms with E-state index in [0.29, 0.717) is 27.7 Å². The van der Waals surface area contributed by atoms with Gasteiger partial charge in [-0.15, -0.1) is 0 Å². The van der Waals surface area contributed by atoms with Gasteiger partial charge in [-0.05, 0) is 68.7 Å². The molecule has 1 saturated carbocycles. The molecule has 3 aromatic rings. The van der Waals surface area contributed by atoms with Crippen LogP contribution in [-0.4, -0.2) is 21.4 Å². The number of rotatable bonds is 5. The van der Waals surface area contributed by atoms with Crippen molar-refractivity contribution in [1.29, 1.82) is 0 Å². The molecule has 0 saturated heterocycles. The molecular weight excluding hydrogens is 452 g/mol. The number of nitrogens with zero attached hydrogens (tertiary/aromatic N) is 2. The normalized spacial score (nSPS) is 16.7. The van der Waals surface area contributed by atoms with Gasteiger partial charge < -0.3 is 15.2 Å². The van der Waals surface area contributed by atoms with Crippen molar-refractivity contribution in [3.8, 4) is 5.69 Å². The van der Waals surface area contributed by atoms with E-state index in [9.17, 15) is 14.9 Å². The van der Waals surface area contributed by atoms with Crippen LogP contribution in [0.25, 0.3) is 17.3 Å². The Morgan fingerprint density at radius 3 is 2.65 bits per heavy atom. The lowest BCUT2D eigenvalue weighted by Gasteiger charge is -2.15. The van der Waals surface area contributed by atoms with E-state index in [0.717, 1.165) is 48.2 Å². The van der Waals surface area contributed by atoms with Crippen LogP contribution in [0.3, 0.4) is 0 Å². The fraction of sp³-hybridized carbons (Fsp3) is 0.269. The van der Waals surface area contributed by atoms with E-state index in [-0.39, 0.29) is 22.6 Å². The Balaban J connectivity index is 1.53. The summed E-state index contributed by atoms with van der Waals surface area (Å²) in [7, 11) is 0. The minimum absolute atomic E-state index is 0.0674. The fourth-order valence-electron chi connectivity index (χ4n) is 5.02. The van der Waals surface area contributed by atoms with Gasteiger partial charge in [-0.2, -0.15) is 0 Å². The molecule has 1 aliphatic carbocycles. The molecule has 1 aromatic heterocycles. The Labute approximate surface area is 202 Å². The molecule has 2 aliphatic rings. The smallest absolute Gasteiger partial charge is 0.294 e. The summed E-state index contributed by atoms with van der Waals surface area (Å²) in [4.78, 5) is 24.1. The predicted molar refractivity (Wildman–Crippen MR) is 136 cm³/mol. The van der Waals surface area contributed by atoms with E-state index in [4.69, 9.17) is 11.6 Å². The first kappa shape index (κ1) is 22.2. The first-order valence-corrected chi connectivity index (χ1v) is 11.8. The zero-order chi connectivity index (χ0) is 24.0. The van der Waals surface area contributed by atoms with E-state index in [1.165, 1.54) is 0 Å². The lowest BCUT2D eigenvalue weighted by Crippen LogP contribution is -2.15. The standard InChI is InChI=1S/C26H25ClN4O3/c1-15-11-17(12-22-21-9-7-18(27)13-24(21)29-26(22)32)16(2)30(15)20-8-10-23(25(14-20)31(33)34)28-19-5-3-4-6-19/h7-14,19,28H,3-6H2,1-2H3,(H,29,32)/b22-12+. The summed E-state index contributed by atoms with van der Waals surface area (Å²) in [6.45, 7) is 3.90. The minimum atomic E-state index is -0.331. The third-order valence-electron chi connectivity index (χ3n) is 6.69. The number of hydrogen-bond donors (Lipinski definition) is 2. The zero-order valence-electron chi connectivity index (χ0n) is 19.0. The molecule has 7 nitrogen and oxygen atoms in total. The Morgan fingerprint density at radius 1 is 1.15 bits per heavy atom. The van der Waals surface area contributed by atoms with Crippen molar-refractivity contribution >= 4 is 46.2 Å². The van der Waals surface area contributed by atoms with Crippen LogP contribution in [-0.2, 0) is 4.79 Å². The average Bonchev–Trinajstić information content (AvgIpc) is 3.48. The van der Waals surface area contributed by atoms with Gasteiger partial charge in [-0.3, -0.25) is 14.9 Å². The number of fused-ring (bicyclic) bond motifs is 1. The maximum absolute atomic E-state index is 12.6. The Bertz CT molecular complexity index is 1350. The molecule has 0 spiro atoms. The second kappa shape index (κ2) is 8.65. The van der Waals surface area contributed by atoms with Crippen molar-refractivity contribution in [3.63, 3.8) is 0 Å². The molecule has 2 heterocycles. The summed E-state index contributed by atoms with van der Waals surface area (Å²) in [5.41, 5.74) is 6.09. The second-order valence-corrected chi connectivity index (χ2v) is 9.38. The third-order valence-corrected chi connectivity index (χ3v) is 6.92. The summed E-state index contributed by atoms with van der Waals surface area (Å²) in [6, 6.07) is 12.9. The van der Waals surface area contributed by atoms with E-state index in [1.807, 2.05) is 42.7 Å². The molecule has 0 radical (unpaired) electrons. The number of halogens is 1. The average molecular weight is 477 g/mol. The van der Waals surface area contributed by atoms with Crippen LogP contribution in [0.1, 0.15) is 48.2 Å². The van der Waals surface area contributed by atoms with Gasteiger partial charge in [0.05, 0.1) is 16.3 Å². The van der Waals surface area contributed by atoms with Crippen molar-refractivity contribution in [2.24, 2.45) is 0 Å². The van der Waals surface area contributed by atoms with E-state index in [1.54, 1.807) is 24.3 Å². The Morgan fingerprint density at radius 2 is 1.91 bits per heavy atom. The number of carbonyl (C=O) groups excluding carboxylic acids is 1. The minimum Gasteiger partial charge on any atom is -0.377 e. The van der Waals surface area contributed by atoms with E-state index < -0.39 is 0 Å². The molecule has 2 aromatic carbocycles.